The summed E-state index contributed by atoms with van der Waals surface area (Å²) in [5.41, 5.74) is 0.400. The van der Waals surface area contributed by atoms with Gasteiger partial charge in [0.1, 0.15) is 5.00 Å². The summed E-state index contributed by atoms with van der Waals surface area (Å²) in [6.07, 6.45) is 0. The minimum atomic E-state index is -0.437. The Labute approximate surface area is 98.8 Å². The summed E-state index contributed by atoms with van der Waals surface area (Å²) in [5, 5.41) is 3.12. The minimum Gasteiger partial charge on any atom is -0.465 e. The molecule has 1 heterocycles. The Balaban J connectivity index is 3.02. The van der Waals surface area contributed by atoms with Crippen LogP contribution in [0.1, 0.15) is 17.3 Å². The summed E-state index contributed by atoms with van der Waals surface area (Å²) in [6.45, 7) is 1.40. The summed E-state index contributed by atoms with van der Waals surface area (Å²) in [6, 6.07) is 1.68. The van der Waals surface area contributed by atoms with Crippen molar-refractivity contribution in [1.29, 1.82) is 0 Å². The van der Waals surface area contributed by atoms with Crippen molar-refractivity contribution in [1.82, 2.24) is 0 Å². The van der Waals surface area contributed by atoms with E-state index in [9.17, 15) is 9.59 Å². The molecular weight excluding hydrogens is 317 g/mol. The van der Waals surface area contributed by atoms with Crippen molar-refractivity contribution in [3.05, 3.63) is 14.5 Å². The van der Waals surface area contributed by atoms with Crippen molar-refractivity contribution in [3.8, 4) is 0 Å². The average molecular weight is 325 g/mol. The lowest BCUT2D eigenvalue weighted by Crippen LogP contribution is -2.09. The predicted octanol–water partition coefficient (Wildman–Crippen LogP) is 2.10. The van der Waals surface area contributed by atoms with Crippen LogP contribution in [0.5, 0.6) is 0 Å². The highest BCUT2D eigenvalue weighted by atomic mass is 127. The second-order valence-electron chi connectivity index (χ2n) is 2.47. The molecule has 1 amide bonds. The number of hydrogen-bond donors (Lipinski definition) is 1. The number of anilines is 1. The number of halogens is 1. The lowest BCUT2D eigenvalue weighted by molar-refractivity contribution is -0.114. The highest BCUT2D eigenvalue weighted by Crippen LogP contribution is 2.29. The molecule has 0 atom stereocenters. The summed E-state index contributed by atoms with van der Waals surface area (Å²) in [7, 11) is 1.31. The van der Waals surface area contributed by atoms with E-state index in [-0.39, 0.29) is 5.91 Å². The van der Waals surface area contributed by atoms with Gasteiger partial charge in [-0.25, -0.2) is 4.79 Å². The first-order valence-electron chi connectivity index (χ1n) is 3.70. The van der Waals surface area contributed by atoms with Crippen molar-refractivity contribution in [2.75, 3.05) is 12.4 Å². The fourth-order valence-electron chi connectivity index (χ4n) is 0.875. The van der Waals surface area contributed by atoms with Crippen molar-refractivity contribution in [3.63, 3.8) is 0 Å². The van der Waals surface area contributed by atoms with Crippen molar-refractivity contribution in [2.24, 2.45) is 0 Å². The summed E-state index contributed by atoms with van der Waals surface area (Å²) < 4.78 is 5.51. The van der Waals surface area contributed by atoms with E-state index in [1.165, 1.54) is 25.4 Å². The zero-order valence-electron chi connectivity index (χ0n) is 7.59. The van der Waals surface area contributed by atoms with Crippen LogP contribution in [-0.2, 0) is 9.53 Å². The van der Waals surface area contributed by atoms with E-state index >= 15 is 0 Å². The van der Waals surface area contributed by atoms with Gasteiger partial charge in [0.15, 0.2) is 0 Å². The van der Waals surface area contributed by atoms with Crippen LogP contribution in [0.3, 0.4) is 0 Å². The first kappa shape index (κ1) is 11.4. The van der Waals surface area contributed by atoms with E-state index in [4.69, 9.17) is 0 Å². The molecule has 76 valence electrons. The van der Waals surface area contributed by atoms with Crippen LogP contribution in [0, 0.1) is 2.88 Å². The minimum absolute atomic E-state index is 0.201. The maximum atomic E-state index is 11.3. The normalized spacial score (nSPS) is 9.64. The van der Waals surface area contributed by atoms with Gasteiger partial charge >= 0.3 is 5.97 Å². The lowest BCUT2D eigenvalue weighted by Gasteiger charge is -2.01. The zero-order chi connectivity index (χ0) is 10.7. The Morgan fingerprint density at radius 2 is 2.21 bits per heavy atom. The molecule has 6 heteroatoms. The quantitative estimate of drug-likeness (QED) is 0.669. The fourth-order valence-corrected chi connectivity index (χ4v) is 2.67. The molecule has 1 aromatic heterocycles. The number of thiophene rings is 1. The average Bonchev–Trinajstić information content (AvgIpc) is 2.44. The monoisotopic (exact) mass is 325 g/mol. The molecule has 0 unspecified atom stereocenters. The van der Waals surface area contributed by atoms with Crippen LogP contribution in [0.25, 0.3) is 0 Å². The lowest BCUT2D eigenvalue weighted by atomic mass is 10.3. The molecule has 14 heavy (non-hydrogen) atoms. The van der Waals surface area contributed by atoms with E-state index < -0.39 is 5.97 Å². The van der Waals surface area contributed by atoms with Gasteiger partial charge in [0.25, 0.3) is 0 Å². The molecule has 0 aliphatic carbocycles. The topological polar surface area (TPSA) is 55.4 Å². The number of methoxy groups -OCH3 is 1. The van der Waals surface area contributed by atoms with Gasteiger partial charge < -0.3 is 10.1 Å². The number of esters is 1. The highest BCUT2D eigenvalue weighted by molar-refractivity contribution is 14.1. The van der Waals surface area contributed by atoms with Gasteiger partial charge in [-0.2, -0.15) is 0 Å². The highest BCUT2D eigenvalue weighted by Gasteiger charge is 2.16. The number of hydrogen-bond acceptors (Lipinski definition) is 4. The number of nitrogens with one attached hydrogen (secondary N) is 1. The van der Waals surface area contributed by atoms with Crippen molar-refractivity contribution >= 4 is 50.8 Å². The number of carbonyl (C=O) groups excluding carboxylic acids is 2. The second-order valence-corrected chi connectivity index (χ2v) is 5.41. The molecule has 1 N–H and O–H groups in total. The molecule has 0 saturated heterocycles. The van der Waals surface area contributed by atoms with Gasteiger partial charge in [0, 0.05) is 6.92 Å². The largest absolute Gasteiger partial charge is 0.465 e. The Morgan fingerprint density at radius 1 is 1.57 bits per heavy atom. The molecule has 0 aliphatic heterocycles. The molecule has 0 radical (unpaired) electrons. The Kier molecular flexibility index (Phi) is 3.87. The van der Waals surface area contributed by atoms with E-state index in [0.717, 1.165) is 2.88 Å². The molecule has 0 saturated carbocycles. The van der Waals surface area contributed by atoms with Crippen LogP contribution in [0.4, 0.5) is 5.00 Å². The maximum Gasteiger partial charge on any atom is 0.340 e. The predicted molar refractivity (Wildman–Crippen MR) is 62.7 cm³/mol. The van der Waals surface area contributed by atoms with E-state index in [1.54, 1.807) is 6.07 Å². The van der Waals surface area contributed by atoms with Crippen LogP contribution in [0.15, 0.2) is 6.07 Å². The van der Waals surface area contributed by atoms with Gasteiger partial charge in [-0.1, -0.05) is 0 Å². The van der Waals surface area contributed by atoms with Crippen LogP contribution in [0.2, 0.25) is 0 Å². The molecule has 4 nitrogen and oxygen atoms in total. The molecule has 0 fully saturated rings. The molecule has 0 spiro atoms. The van der Waals surface area contributed by atoms with Gasteiger partial charge in [0.2, 0.25) is 5.91 Å². The number of rotatable bonds is 2. The van der Waals surface area contributed by atoms with Crippen LogP contribution < -0.4 is 5.32 Å². The van der Waals surface area contributed by atoms with E-state index in [0.29, 0.717) is 10.6 Å². The summed E-state index contributed by atoms with van der Waals surface area (Å²) in [4.78, 5) is 22.1. The summed E-state index contributed by atoms with van der Waals surface area (Å²) >= 11 is 3.42. The Bertz CT molecular complexity index is 375. The first-order valence-corrected chi connectivity index (χ1v) is 5.59. The molecule has 0 bridgehead atoms. The fraction of sp³-hybridized carbons (Fsp3) is 0.250. The number of amides is 1. The Hall–Kier alpha value is -0.630. The third kappa shape index (κ3) is 2.68. The van der Waals surface area contributed by atoms with Crippen LogP contribution >= 0.6 is 33.9 Å². The third-order valence-corrected chi connectivity index (χ3v) is 3.21. The van der Waals surface area contributed by atoms with Crippen molar-refractivity contribution < 1.29 is 14.3 Å². The molecular formula is C8H8INO3S. The van der Waals surface area contributed by atoms with Crippen LogP contribution in [-0.4, -0.2) is 19.0 Å². The maximum absolute atomic E-state index is 11.3. The Morgan fingerprint density at radius 3 is 2.71 bits per heavy atom. The molecule has 0 aliphatic rings. The first-order chi connectivity index (χ1) is 6.54. The van der Waals surface area contributed by atoms with Gasteiger partial charge in [-0.05, 0) is 28.7 Å². The van der Waals surface area contributed by atoms with E-state index in [2.05, 4.69) is 32.6 Å². The van der Waals surface area contributed by atoms with E-state index in [1.807, 2.05) is 0 Å². The summed E-state index contributed by atoms with van der Waals surface area (Å²) in [5.74, 6) is -0.638. The molecule has 1 rings (SSSR count). The standard InChI is InChI=1S/C8H8INO3S/c1-4(11)10-7-5(8(12)13-2)3-6(9)14-7/h3H,1-2H3,(H,10,11). The SMILES string of the molecule is COC(=O)c1cc(I)sc1NC(C)=O. The van der Waals surface area contributed by atoms with Gasteiger partial charge in [-0.3, -0.25) is 4.79 Å². The zero-order valence-corrected chi connectivity index (χ0v) is 10.6. The van der Waals surface area contributed by atoms with Crippen molar-refractivity contribution in [2.45, 2.75) is 6.92 Å². The number of carbonyl (C=O) groups is 2. The van der Waals surface area contributed by atoms with Gasteiger partial charge in [0.05, 0.1) is 15.6 Å². The number of ether oxygens (including phenoxy) is 1. The third-order valence-electron chi connectivity index (χ3n) is 1.40. The second kappa shape index (κ2) is 4.74. The molecule has 0 aromatic carbocycles. The molecule has 1 aromatic rings. The van der Waals surface area contributed by atoms with Gasteiger partial charge in [-0.15, -0.1) is 11.3 Å². The smallest absolute Gasteiger partial charge is 0.340 e.